The standard InChI is InChI=1S/C18H21N5O3S/c1-11-5-6-13(9-17(11)27(19,25)26)20-18(24)22(3)14-7-8-15-12(2)23(4)21-16(15)10-14/h5-10H,1-4H3,(H,20,24)(H2,19,25,26). The van der Waals surface area contributed by atoms with E-state index < -0.39 is 16.1 Å². The molecule has 0 atom stereocenters. The maximum Gasteiger partial charge on any atom is 0.326 e. The molecule has 0 fully saturated rings. The largest absolute Gasteiger partial charge is 0.326 e. The highest BCUT2D eigenvalue weighted by atomic mass is 32.2. The Morgan fingerprint density at radius 2 is 1.89 bits per heavy atom. The third-order valence-electron chi connectivity index (χ3n) is 4.55. The van der Waals surface area contributed by atoms with Gasteiger partial charge in [0.25, 0.3) is 0 Å². The van der Waals surface area contributed by atoms with Crippen LogP contribution in [0.3, 0.4) is 0 Å². The van der Waals surface area contributed by atoms with Gasteiger partial charge in [-0.3, -0.25) is 9.58 Å². The average Bonchev–Trinajstić information content (AvgIpc) is 2.88. The Bertz CT molecular complexity index is 1150. The van der Waals surface area contributed by atoms with Gasteiger partial charge in [-0.1, -0.05) is 6.07 Å². The lowest BCUT2D eigenvalue weighted by Crippen LogP contribution is -2.31. The quantitative estimate of drug-likeness (QED) is 0.719. The van der Waals surface area contributed by atoms with Gasteiger partial charge in [0.2, 0.25) is 10.0 Å². The van der Waals surface area contributed by atoms with E-state index in [0.717, 1.165) is 16.6 Å². The van der Waals surface area contributed by atoms with Gasteiger partial charge >= 0.3 is 6.03 Å². The minimum Gasteiger partial charge on any atom is -0.308 e. The Labute approximate surface area is 157 Å². The molecule has 3 N–H and O–H groups in total. The number of anilines is 2. The summed E-state index contributed by atoms with van der Waals surface area (Å²) in [6, 6.07) is 9.74. The number of primary sulfonamides is 1. The normalized spacial score (nSPS) is 11.6. The van der Waals surface area contributed by atoms with Crippen LogP contribution >= 0.6 is 0 Å². The van der Waals surface area contributed by atoms with Crippen LogP contribution in [0.25, 0.3) is 10.9 Å². The minimum absolute atomic E-state index is 0.0201. The Kier molecular flexibility index (Phi) is 4.66. The number of rotatable bonds is 3. The van der Waals surface area contributed by atoms with Gasteiger partial charge < -0.3 is 5.32 Å². The number of aryl methyl sites for hydroxylation is 3. The zero-order valence-electron chi connectivity index (χ0n) is 15.5. The number of aromatic nitrogens is 2. The molecule has 0 unspecified atom stereocenters. The van der Waals surface area contributed by atoms with Gasteiger partial charge in [-0.2, -0.15) is 5.10 Å². The number of nitrogens with zero attached hydrogens (tertiary/aromatic N) is 3. The molecule has 3 rings (SSSR count). The third-order valence-corrected chi connectivity index (χ3v) is 5.61. The first-order valence-electron chi connectivity index (χ1n) is 8.19. The molecule has 0 radical (unpaired) electrons. The SMILES string of the molecule is Cc1ccc(NC(=O)N(C)c2ccc3c(C)n(C)nc3c2)cc1S(N)(=O)=O. The van der Waals surface area contributed by atoms with Crippen LogP contribution < -0.4 is 15.4 Å². The molecule has 0 saturated carbocycles. The molecular weight excluding hydrogens is 366 g/mol. The lowest BCUT2D eigenvalue weighted by molar-refractivity contribution is 0.258. The molecule has 9 heteroatoms. The molecule has 0 aliphatic carbocycles. The van der Waals surface area contributed by atoms with Crippen LogP contribution in [0.15, 0.2) is 41.3 Å². The number of carbonyl (C=O) groups excluding carboxylic acids is 1. The molecule has 0 saturated heterocycles. The topological polar surface area (TPSA) is 110 Å². The third kappa shape index (κ3) is 3.64. The molecule has 1 aromatic heterocycles. The lowest BCUT2D eigenvalue weighted by Gasteiger charge is -2.18. The maximum atomic E-state index is 12.6. The van der Waals surface area contributed by atoms with Crippen molar-refractivity contribution in [2.45, 2.75) is 18.7 Å². The molecule has 2 aromatic carbocycles. The number of sulfonamides is 1. The number of nitrogens with one attached hydrogen (secondary N) is 1. The number of hydrogen-bond donors (Lipinski definition) is 2. The zero-order valence-corrected chi connectivity index (χ0v) is 16.3. The molecular formula is C18H21N5O3S. The van der Waals surface area contributed by atoms with Crippen molar-refractivity contribution in [2.75, 3.05) is 17.3 Å². The summed E-state index contributed by atoms with van der Waals surface area (Å²) >= 11 is 0. The number of hydrogen-bond acceptors (Lipinski definition) is 4. The highest BCUT2D eigenvalue weighted by Crippen LogP contribution is 2.24. The van der Waals surface area contributed by atoms with Crippen molar-refractivity contribution in [3.63, 3.8) is 0 Å². The van der Waals surface area contributed by atoms with E-state index in [1.807, 2.05) is 32.2 Å². The summed E-state index contributed by atoms with van der Waals surface area (Å²) in [6.07, 6.45) is 0. The van der Waals surface area contributed by atoms with E-state index >= 15 is 0 Å². The predicted molar refractivity (Wildman–Crippen MR) is 105 cm³/mol. The van der Waals surface area contributed by atoms with Gasteiger partial charge in [-0.15, -0.1) is 0 Å². The second kappa shape index (κ2) is 6.67. The smallest absolute Gasteiger partial charge is 0.308 e. The summed E-state index contributed by atoms with van der Waals surface area (Å²) in [5.74, 6) is 0. The number of urea groups is 1. The van der Waals surface area contributed by atoms with Crippen molar-refractivity contribution >= 4 is 38.3 Å². The van der Waals surface area contributed by atoms with Gasteiger partial charge in [-0.25, -0.2) is 18.4 Å². The number of fused-ring (bicyclic) bond motifs is 1. The van der Waals surface area contributed by atoms with E-state index in [-0.39, 0.29) is 4.90 Å². The van der Waals surface area contributed by atoms with E-state index in [0.29, 0.717) is 16.9 Å². The second-order valence-electron chi connectivity index (χ2n) is 6.42. The van der Waals surface area contributed by atoms with Crippen LogP contribution in [0.4, 0.5) is 16.2 Å². The number of benzene rings is 2. The van der Waals surface area contributed by atoms with Gasteiger partial charge in [-0.05, 0) is 49.7 Å². The number of amides is 2. The highest BCUT2D eigenvalue weighted by Gasteiger charge is 2.16. The lowest BCUT2D eigenvalue weighted by atomic mass is 10.2. The van der Waals surface area contributed by atoms with Gasteiger partial charge in [0.15, 0.2) is 0 Å². The molecule has 142 valence electrons. The summed E-state index contributed by atoms with van der Waals surface area (Å²) < 4.78 is 25.1. The molecule has 27 heavy (non-hydrogen) atoms. The predicted octanol–water partition coefficient (Wildman–Crippen LogP) is 2.51. The van der Waals surface area contributed by atoms with Crippen LogP contribution in [-0.4, -0.2) is 31.3 Å². The van der Waals surface area contributed by atoms with E-state index in [9.17, 15) is 13.2 Å². The van der Waals surface area contributed by atoms with Crippen LogP contribution in [0, 0.1) is 13.8 Å². The molecule has 0 aliphatic rings. The maximum absolute atomic E-state index is 12.6. The Hall–Kier alpha value is -2.91. The van der Waals surface area contributed by atoms with Gasteiger partial charge in [0.1, 0.15) is 0 Å². The first-order chi connectivity index (χ1) is 12.6. The summed E-state index contributed by atoms with van der Waals surface area (Å²) in [5, 5.41) is 13.3. The van der Waals surface area contributed by atoms with Crippen molar-refractivity contribution in [1.29, 1.82) is 0 Å². The summed E-state index contributed by atoms with van der Waals surface area (Å²) in [4.78, 5) is 14.0. The van der Waals surface area contributed by atoms with Crippen molar-refractivity contribution in [3.8, 4) is 0 Å². The van der Waals surface area contributed by atoms with Gasteiger partial charge in [0.05, 0.1) is 10.4 Å². The van der Waals surface area contributed by atoms with Crippen LogP contribution in [-0.2, 0) is 17.1 Å². The van der Waals surface area contributed by atoms with Crippen molar-refractivity contribution in [3.05, 3.63) is 47.7 Å². The van der Waals surface area contributed by atoms with Crippen molar-refractivity contribution in [2.24, 2.45) is 12.2 Å². The summed E-state index contributed by atoms with van der Waals surface area (Å²) in [7, 11) is -0.373. The van der Waals surface area contributed by atoms with E-state index in [4.69, 9.17) is 5.14 Å². The Morgan fingerprint density at radius 3 is 2.56 bits per heavy atom. The Morgan fingerprint density at radius 1 is 1.19 bits per heavy atom. The monoisotopic (exact) mass is 387 g/mol. The highest BCUT2D eigenvalue weighted by molar-refractivity contribution is 7.89. The van der Waals surface area contributed by atoms with Crippen LogP contribution in [0.5, 0.6) is 0 Å². The first kappa shape index (κ1) is 18.9. The van der Waals surface area contributed by atoms with E-state index in [1.54, 1.807) is 30.8 Å². The molecule has 1 heterocycles. The van der Waals surface area contributed by atoms with Crippen LogP contribution in [0.2, 0.25) is 0 Å². The van der Waals surface area contributed by atoms with Crippen molar-refractivity contribution < 1.29 is 13.2 Å². The Balaban J connectivity index is 1.86. The van der Waals surface area contributed by atoms with Gasteiger partial charge in [0, 0.05) is 36.6 Å². The fourth-order valence-electron chi connectivity index (χ4n) is 2.84. The van der Waals surface area contributed by atoms with Crippen LogP contribution in [0.1, 0.15) is 11.3 Å². The number of carbonyl (C=O) groups is 1. The fourth-order valence-corrected chi connectivity index (χ4v) is 3.65. The summed E-state index contributed by atoms with van der Waals surface area (Å²) in [6.45, 7) is 3.62. The molecule has 8 nitrogen and oxygen atoms in total. The molecule has 0 spiro atoms. The van der Waals surface area contributed by atoms with E-state index in [2.05, 4.69) is 10.4 Å². The first-order valence-corrected chi connectivity index (χ1v) is 9.74. The molecule has 0 aliphatic heterocycles. The van der Waals surface area contributed by atoms with Crippen molar-refractivity contribution in [1.82, 2.24) is 9.78 Å². The number of nitrogens with two attached hydrogens (primary N) is 1. The minimum atomic E-state index is -3.87. The van der Waals surface area contributed by atoms with E-state index in [1.165, 1.54) is 11.0 Å². The zero-order chi connectivity index (χ0) is 19.9. The molecule has 0 bridgehead atoms. The summed E-state index contributed by atoms with van der Waals surface area (Å²) in [5.41, 5.74) is 3.35. The molecule has 2 amide bonds. The average molecular weight is 387 g/mol. The fraction of sp³-hybridized carbons (Fsp3) is 0.222. The second-order valence-corrected chi connectivity index (χ2v) is 7.95. The molecule has 3 aromatic rings.